The number of nitrogens with one attached hydrogen (secondary N) is 3. The molecule has 1 heterocycles. The smallest absolute Gasteiger partial charge is 0.271 e. The fourth-order valence-electron chi connectivity index (χ4n) is 1.74. The molecule has 126 valence electrons. The van der Waals surface area contributed by atoms with Crippen LogP contribution in [0.25, 0.3) is 0 Å². The molecule has 0 fully saturated rings. The Labute approximate surface area is 139 Å². The zero-order valence-electron chi connectivity index (χ0n) is 12.6. The molecule has 0 unspecified atom stereocenters. The number of rotatable bonds is 6. The molecule has 2 rings (SSSR count). The van der Waals surface area contributed by atoms with Crippen molar-refractivity contribution in [2.24, 2.45) is 0 Å². The van der Waals surface area contributed by atoms with Crippen molar-refractivity contribution in [3.05, 3.63) is 60.4 Å². The van der Waals surface area contributed by atoms with Crippen molar-refractivity contribution in [2.45, 2.75) is 11.3 Å². The van der Waals surface area contributed by atoms with Crippen LogP contribution in [-0.2, 0) is 14.8 Å². The standard InChI is InChI=1S/C15H16N4O4S/c20-14(18-19-15(21)12-5-4-9-16-11-12)8-10-17-24(22,23)13-6-2-1-3-7-13/h1-7,9,11,17H,8,10H2,(H,18,20)(H,19,21). The van der Waals surface area contributed by atoms with Crippen LogP contribution < -0.4 is 15.6 Å². The maximum absolute atomic E-state index is 11.9. The van der Waals surface area contributed by atoms with E-state index < -0.39 is 21.8 Å². The van der Waals surface area contributed by atoms with Gasteiger partial charge in [0.25, 0.3) is 5.91 Å². The summed E-state index contributed by atoms with van der Waals surface area (Å²) < 4.78 is 26.2. The van der Waals surface area contributed by atoms with E-state index in [1.807, 2.05) is 0 Å². The minimum Gasteiger partial charge on any atom is -0.273 e. The predicted octanol–water partition coefficient (Wildman–Crippen LogP) is 0.211. The monoisotopic (exact) mass is 348 g/mol. The minimum absolute atomic E-state index is 0.0914. The first-order chi connectivity index (χ1) is 11.5. The van der Waals surface area contributed by atoms with Gasteiger partial charge in [-0.3, -0.25) is 25.4 Å². The SMILES string of the molecule is O=C(CCNS(=O)(=O)c1ccccc1)NNC(=O)c1cccnc1. The van der Waals surface area contributed by atoms with Gasteiger partial charge in [-0.2, -0.15) is 0 Å². The molecule has 0 aliphatic carbocycles. The van der Waals surface area contributed by atoms with E-state index in [4.69, 9.17) is 0 Å². The molecule has 9 heteroatoms. The van der Waals surface area contributed by atoms with Crippen molar-refractivity contribution < 1.29 is 18.0 Å². The van der Waals surface area contributed by atoms with Gasteiger partial charge in [0, 0.05) is 25.4 Å². The maximum atomic E-state index is 11.9. The van der Waals surface area contributed by atoms with E-state index in [1.54, 1.807) is 30.3 Å². The fraction of sp³-hybridized carbons (Fsp3) is 0.133. The highest BCUT2D eigenvalue weighted by Gasteiger charge is 2.13. The molecule has 8 nitrogen and oxygen atoms in total. The second-order valence-electron chi connectivity index (χ2n) is 4.70. The highest BCUT2D eigenvalue weighted by Crippen LogP contribution is 2.06. The van der Waals surface area contributed by atoms with Gasteiger partial charge in [-0.05, 0) is 24.3 Å². The number of hydrogen-bond acceptors (Lipinski definition) is 5. The molecule has 0 atom stereocenters. The van der Waals surface area contributed by atoms with Crippen LogP contribution in [0, 0.1) is 0 Å². The lowest BCUT2D eigenvalue weighted by atomic mass is 10.3. The van der Waals surface area contributed by atoms with Crippen molar-refractivity contribution in [3.63, 3.8) is 0 Å². The van der Waals surface area contributed by atoms with Gasteiger partial charge in [-0.25, -0.2) is 13.1 Å². The maximum Gasteiger partial charge on any atom is 0.271 e. The van der Waals surface area contributed by atoms with Gasteiger partial charge in [-0.15, -0.1) is 0 Å². The van der Waals surface area contributed by atoms with Gasteiger partial charge in [0.05, 0.1) is 10.5 Å². The second kappa shape index (κ2) is 8.18. The molecule has 2 amide bonds. The Bertz CT molecular complexity index is 795. The predicted molar refractivity (Wildman–Crippen MR) is 86.1 cm³/mol. The van der Waals surface area contributed by atoms with Crippen molar-refractivity contribution in [3.8, 4) is 0 Å². The van der Waals surface area contributed by atoms with Crippen LogP contribution in [0.15, 0.2) is 59.8 Å². The van der Waals surface area contributed by atoms with Crippen molar-refractivity contribution in [1.29, 1.82) is 0 Å². The number of hydrazine groups is 1. The molecule has 0 aliphatic rings. The summed E-state index contributed by atoms with van der Waals surface area (Å²) in [6, 6.07) is 11.0. The number of hydrogen-bond donors (Lipinski definition) is 3. The highest BCUT2D eigenvalue weighted by atomic mass is 32.2. The lowest BCUT2D eigenvalue weighted by Crippen LogP contribution is -2.42. The number of sulfonamides is 1. The third-order valence-electron chi connectivity index (χ3n) is 2.94. The van der Waals surface area contributed by atoms with Crippen LogP contribution in [0.5, 0.6) is 0 Å². The Balaban J connectivity index is 1.75. The molecule has 0 radical (unpaired) electrons. The normalized spacial score (nSPS) is 10.8. The Morgan fingerprint density at radius 3 is 2.42 bits per heavy atom. The average molecular weight is 348 g/mol. The summed E-state index contributed by atoms with van der Waals surface area (Å²) in [6.07, 6.45) is 2.75. The van der Waals surface area contributed by atoms with Gasteiger partial charge >= 0.3 is 0 Å². The number of nitrogens with zero attached hydrogens (tertiary/aromatic N) is 1. The lowest BCUT2D eigenvalue weighted by Gasteiger charge is -2.08. The molecule has 1 aromatic heterocycles. The summed E-state index contributed by atoms with van der Waals surface area (Å²) in [5.41, 5.74) is 4.72. The zero-order chi connectivity index (χ0) is 17.4. The summed E-state index contributed by atoms with van der Waals surface area (Å²) >= 11 is 0. The second-order valence-corrected chi connectivity index (χ2v) is 6.47. The molecule has 1 aromatic carbocycles. The Kier molecular flexibility index (Phi) is 5.99. The third-order valence-corrected chi connectivity index (χ3v) is 4.41. The number of carbonyl (C=O) groups excluding carboxylic acids is 2. The average Bonchev–Trinajstić information content (AvgIpc) is 2.61. The van der Waals surface area contributed by atoms with E-state index in [1.165, 1.54) is 24.5 Å². The third kappa shape index (κ3) is 5.14. The van der Waals surface area contributed by atoms with Gasteiger partial charge < -0.3 is 0 Å². The van der Waals surface area contributed by atoms with E-state index in [-0.39, 0.29) is 17.9 Å². The Morgan fingerprint density at radius 2 is 1.75 bits per heavy atom. The Hall–Kier alpha value is -2.78. The largest absolute Gasteiger partial charge is 0.273 e. The van der Waals surface area contributed by atoms with E-state index in [2.05, 4.69) is 20.6 Å². The molecule has 0 spiro atoms. The summed E-state index contributed by atoms with van der Waals surface area (Å²) in [5, 5.41) is 0. The molecule has 0 bridgehead atoms. The van der Waals surface area contributed by atoms with E-state index in [0.29, 0.717) is 5.56 Å². The Morgan fingerprint density at radius 1 is 1.00 bits per heavy atom. The van der Waals surface area contributed by atoms with Crippen molar-refractivity contribution in [1.82, 2.24) is 20.6 Å². The molecular weight excluding hydrogens is 332 g/mol. The van der Waals surface area contributed by atoms with E-state index in [0.717, 1.165) is 0 Å². The van der Waals surface area contributed by atoms with E-state index >= 15 is 0 Å². The number of pyridine rings is 1. The van der Waals surface area contributed by atoms with Crippen molar-refractivity contribution >= 4 is 21.8 Å². The molecule has 3 N–H and O–H groups in total. The molecule has 0 saturated carbocycles. The molecule has 2 aromatic rings. The molecule has 0 saturated heterocycles. The first-order valence-electron chi connectivity index (χ1n) is 7.03. The summed E-state index contributed by atoms with van der Waals surface area (Å²) in [6.45, 7) is -0.0914. The summed E-state index contributed by atoms with van der Waals surface area (Å²) in [4.78, 5) is 27.2. The van der Waals surface area contributed by atoms with Crippen LogP contribution in [0.3, 0.4) is 0 Å². The van der Waals surface area contributed by atoms with Crippen LogP contribution >= 0.6 is 0 Å². The lowest BCUT2D eigenvalue weighted by molar-refractivity contribution is -0.121. The number of aromatic nitrogens is 1. The number of carbonyl (C=O) groups is 2. The van der Waals surface area contributed by atoms with Crippen LogP contribution in [0.4, 0.5) is 0 Å². The van der Waals surface area contributed by atoms with Crippen molar-refractivity contribution in [2.75, 3.05) is 6.54 Å². The fourth-order valence-corrected chi connectivity index (χ4v) is 2.79. The van der Waals surface area contributed by atoms with Crippen LogP contribution in [0.2, 0.25) is 0 Å². The first-order valence-corrected chi connectivity index (χ1v) is 8.51. The van der Waals surface area contributed by atoms with E-state index in [9.17, 15) is 18.0 Å². The number of amides is 2. The summed E-state index contributed by atoms with van der Waals surface area (Å²) in [7, 11) is -3.66. The highest BCUT2D eigenvalue weighted by molar-refractivity contribution is 7.89. The first kappa shape index (κ1) is 17.6. The topological polar surface area (TPSA) is 117 Å². The minimum atomic E-state index is -3.66. The van der Waals surface area contributed by atoms with Gasteiger partial charge in [-0.1, -0.05) is 18.2 Å². The zero-order valence-corrected chi connectivity index (χ0v) is 13.4. The van der Waals surface area contributed by atoms with Gasteiger partial charge in [0.2, 0.25) is 15.9 Å². The number of benzene rings is 1. The molecular formula is C15H16N4O4S. The van der Waals surface area contributed by atoms with Crippen LogP contribution in [0.1, 0.15) is 16.8 Å². The van der Waals surface area contributed by atoms with Crippen LogP contribution in [-0.4, -0.2) is 31.8 Å². The van der Waals surface area contributed by atoms with Gasteiger partial charge in [0.1, 0.15) is 0 Å². The molecule has 0 aliphatic heterocycles. The van der Waals surface area contributed by atoms with Gasteiger partial charge in [0.15, 0.2) is 0 Å². The quantitative estimate of drug-likeness (QED) is 0.645. The molecule has 24 heavy (non-hydrogen) atoms. The summed E-state index contributed by atoms with van der Waals surface area (Å²) in [5.74, 6) is -1.04.